The predicted molar refractivity (Wildman–Crippen MR) is 83.7 cm³/mol. The van der Waals surface area contributed by atoms with Crippen LogP contribution in [0.2, 0.25) is 0 Å². The molecule has 0 saturated heterocycles. The second kappa shape index (κ2) is 5.97. The number of nitrogens with zero attached hydrogens (tertiary/aromatic N) is 2. The minimum absolute atomic E-state index is 0.0612. The van der Waals surface area contributed by atoms with Gasteiger partial charge < -0.3 is 10.1 Å². The van der Waals surface area contributed by atoms with Crippen molar-refractivity contribution in [3.63, 3.8) is 0 Å². The molecule has 4 nitrogen and oxygen atoms in total. The Balaban J connectivity index is 2.13. The molecule has 0 fully saturated rings. The molecule has 0 radical (unpaired) electrons. The maximum absolute atomic E-state index is 5.52. The van der Waals surface area contributed by atoms with Gasteiger partial charge in [-0.25, -0.2) is 4.52 Å². The predicted octanol–water partition coefficient (Wildman–Crippen LogP) is 3.04. The van der Waals surface area contributed by atoms with E-state index in [0.29, 0.717) is 0 Å². The SMILES string of the molecule is CCNC(c1ccccc1OC)c1cnn2ccccc12. The van der Waals surface area contributed by atoms with Crippen molar-refractivity contribution in [1.82, 2.24) is 14.9 Å². The zero-order chi connectivity index (χ0) is 14.7. The van der Waals surface area contributed by atoms with E-state index < -0.39 is 0 Å². The van der Waals surface area contributed by atoms with Crippen molar-refractivity contribution in [3.05, 3.63) is 66.0 Å². The minimum atomic E-state index is 0.0612. The average molecular weight is 281 g/mol. The third-order valence-electron chi connectivity index (χ3n) is 3.63. The molecule has 2 heterocycles. The normalized spacial score (nSPS) is 12.5. The van der Waals surface area contributed by atoms with Crippen LogP contribution in [0.1, 0.15) is 24.1 Å². The van der Waals surface area contributed by atoms with Crippen LogP contribution in [0.15, 0.2) is 54.9 Å². The van der Waals surface area contributed by atoms with E-state index >= 15 is 0 Å². The number of fused-ring (bicyclic) bond motifs is 1. The first-order valence-electron chi connectivity index (χ1n) is 7.13. The Morgan fingerprint density at radius 2 is 1.95 bits per heavy atom. The molecule has 21 heavy (non-hydrogen) atoms. The van der Waals surface area contributed by atoms with Crippen molar-refractivity contribution in [2.24, 2.45) is 0 Å². The van der Waals surface area contributed by atoms with Crippen LogP contribution in [-0.4, -0.2) is 23.3 Å². The maximum Gasteiger partial charge on any atom is 0.123 e. The van der Waals surface area contributed by atoms with Gasteiger partial charge in [0, 0.05) is 17.3 Å². The highest BCUT2D eigenvalue weighted by atomic mass is 16.5. The number of ether oxygens (including phenoxy) is 1. The molecule has 0 bridgehead atoms. The third kappa shape index (κ3) is 2.50. The van der Waals surface area contributed by atoms with E-state index in [0.717, 1.165) is 28.9 Å². The van der Waals surface area contributed by atoms with Gasteiger partial charge in [-0.3, -0.25) is 0 Å². The number of nitrogens with one attached hydrogen (secondary N) is 1. The van der Waals surface area contributed by atoms with E-state index in [-0.39, 0.29) is 6.04 Å². The lowest BCUT2D eigenvalue weighted by atomic mass is 9.99. The molecule has 108 valence electrons. The Kier molecular flexibility index (Phi) is 3.88. The second-order valence-electron chi connectivity index (χ2n) is 4.86. The summed E-state index contributed by atoms with van der Waals surface area (Å²) in [4.78, 5) is 0. The van der Waals surface area contributed by atoms with E-state index in [4.69, 9.17) is 4.74 Å². The molecule has 4 heteroatoms. The Morgan fingerprint density at radius 3 is 2.76 bits per heavy atom. The second-order valence-corrected chi connectivity index (χ2v) is 4.86. The molecule has 3 rings (SSSR count). The standard InChI is InChI=1S/C17H19N3O/c1-3-18-17(13-8-4-5-10-16(13)21-2)14-12-19-20-11-7-6-9-15(14)20/h4-12,17-18H,3H2,1-2H3. The largest absolute Gasteiger partial charge is 0.496 e. The molecule has 0 amide bonds. The van der Waals surface area contributed by atoms with E-state index in [9.17, 15) is 0 Å². The average Bonchev–Trinajstić information content (AvgIpc) is 2.96. The van der Waals surface area contributed by atoms with Crippen molar-refractivity contribution in [2.45, 2.75) is 13.0 Å². The summed E-state index contributed by atoms with van der Waals surface area (Å²) in [5.41, 5.74) is 3.39. The molecular formula is C17H19N3O. The highest BCUT2D eigenvalue weighted by molar-refractivity contribution is 5.58. The lowest BCUT2D eigenvalue weighted by Gasteiger charge is -2.20. The highest BCUT2D eigenvalue weighted by Gasteiger charge is 2.20. The topological polar surface area (TPSA) is 38.6 Å². The number of benzene rings is 1. The molecule has 3 aromatic rings. The zero-order valence-corrected chi connectivity index (χ0v) is 12.3. The van der Waals surface area contributed by atoms with Gasteiger partial charge >= 0.3 is 0 Å². The van der Waals surface area contributed by atoms with Crippen LogP contribution >= 0.6 is 0 Å². The van der Waals surface area contributed by atoms with Gasteiger partial charge in [0.2, 0.25) is 0 Å². The third-order valence-corrected chi connectivity index (χ3v) is 3.63. The Morgan fingerprint density at radius 1 is 1.14 bits per heavy atom. The van der Waals surface area contributed by atoms with Crippen LogP contribution in [0.3, 0.4) is 0 Å². The minimum Gasteiger partial charge on any atom is -0.496 e. The number of para-hydroxylation sites is 1. The first-order chi connectivity index (χ1) is 10.3. The molecule has 1 atom stereocenters. The zero-order valence-electron chi connectivity index (χ0n) is 12.3. The van der Waals surface area contributed by atoms with Gasteiger partial charge in [0.25, 0.3) is 0 Å². The summed E-state index contributed by atoms with van der Waals surface area (Å²) in [7, 11) is 1.71. The lowest BCUT2D eigenvalue weighted by molar-refractivity contribution is 0.404. The van der Waals surface area contributed by atoms with Crippen molar-refractivity contribution >= 4 is 5.52 Å². The van der Waals surface area contributed by atoms with E-state index in [1.807, 2.05) is 47.2 Å². The summed E-state index contributed by atoms with van der Waals surface area (Å²) >= 11 is 0. The fraction of sp³-hybridized carbons (Fsp3) is 0.235. The smallest absolute Gasteiger partial charge is 0.123 e. The lowest BCUT2D eigenvalue weighted by Crippen LogP contribution is -2.22. The van der Waals surface area contributed by atoms with Crippen LogP contribution in [0.5, 0.6) is 5.75 Å². The number of hydrogen-bond donors (Lipinski definition) is 1. The number of rotatable bonds is 5. The highest BCUT2D eigenvalue weighted by Crippen LogP contribution is 2.31. The fourth-order valence-electron chi connectivity index (χ4n) is 2.67. The van der Waals surface area contributed by atoms with Gasteiger partial charge in [0.15, 0.2) is 0 Å². The maximum atomic E-state index is 5.52. The molecule has 0 saturated carbocycles. The van der Waals surface area contributed by atoms with Gasteiger partial charge in [0.1, 0.15) is 5.75 Å². The summed E-state index contributed by atoms with van der Waals surface area (Å²) < 4.78 is 7.41. The van der Waals surface area contributed by atoms with E-state index in [2.05, 4.69) is 29.5 Å². The summed E-state index contributed by atoms with van der Waals surface area (Å²) in [6.45, 7) is 2.97. The molecule has 1 unspecified atom stereocenters. The Hall–Kier alpha value is -2.33. The van der Waals surface area contributed by atoms with Gasteiger partial charge in [-0.15, -0.1) is 0 Å². The number of hydrogen-bond acceptors (Lipinski definition) is 3. The summed E-state index contributed by atoms with van der Waals surface area (Å²) in [6, 6.07) is 14.3. The summed E-state index contributed by atoms with van der Waals surface area (Å²) in [5.74, 6) is 0.888. The Bertz CT molecular complexity index is 735. The molecule has 0 aliphatic carbocycles. The van der Waals surface area contributed by atoms with Gasteiger partial charge in [-0.05, 0) is 24.7 Å². The molecular weight excluding hydrogens is 262 g/mol. The summed E-state index contributed by atoms with van der Waals surface area (Å²) in [5, 5.41) is 7.97. The van der Waals surface area contributed by atoms with E-state index in [1.165, 1.54) is 0 Å². The van der Waals surface area contributed by atoms with Gasteiger partial charge in [-0.1, -0.05) is 31.2 Å². The number of methoxy groups -OCH3 is 1. The van der Waals surface area contributed by atoms with E-state index in [1.54, 1.807) is 7.11 Å². The van der Waals surface area contributed by atoms with Crippen molar-refractivity contribution in [3.8, 4) is 5.75 Å². The first kappa shape index (κ1) is 13.6. The fourth-order valence-corrected chi connectivity index (χ4v) is 2.67. The van der Waals surface area contributed by atoms with Gasteiger partial charge in [-0.2, -0.15) is 5.10 Å². The van der Waals surface area contributed by atoms with Crippen LogP contribution < -0.4 is 10.1 Å². The van der Waals surface area contributed by atoms with Crippen molar-refractivity contribution < 1.29 is 4.74 Å². The number of aromatic nitrogens is 2. The molecule has 0 aliphatic heterocycles. The first-order valence-corrected chi connectivity index (χ1v) is 7.13. The van der Waals surface area contributed by atoms with Crippen LogP contribution in [0.25, 0.3) is 5.52 Å². The van der Waals surface area contributed by atoms with Gasteiger partial charge in [0.05, 0.1) is 24.9 Å². The number of pyridine rings is 1. The van der Waals surface area contributed by atoms with Crippen LogP contribution in [0, 0.1) is 0 Å². The Labute approximate surface area is 124 Å². The quantitative estimate of drug-likeness (QED) is 0.781. The molecule has 0 aliphatic rings. The molecule has 1 N–H and O–H groups in total. The monoisotopic (exact) mass is 281 g/mol. The molecule has 1 aromatic carbocycles. The molecule has 2 aromatic heterocycles. The van der Waals surface area contributed by atoms with Crippen LogP contribution in [0.4, 0.5) is 0 Å². The molecule has 0 spiro atoms. The van der Waals surface area contributed by atoms with Crippen molar-refractivity contribution in [2.75, 3.05) is 13.7 Å². The van der Waals surface area contributed by atoms with Crippen LogP contribution in [-0.2, 0) is 0 Å². The summed E-state index contributed by atoms with van der Waals surface area (Å²) in [6.07, 6.45) is 3.89. The van der Waals surface area contributed by atoms with Crippen molar-refractivity contribution in [1.29, 1.82) is 0 Å².